The number of benzene rings is 2. The number of methoxy groups -OCH3 is 1. The Morgan fingerprint density at radius 2 is 1.84 bits per heavy atom. The Labute approximate surface area is 246 Å². The number of aromatic nitrogens is 3. The van der Waals surface area contributed by atoms with Gasteiger partial charge >= 0.3 is 0 Å². The van der Waals surface area contributed by atoms with Crippen LogP contribution in [-0.2, 0) is 10.0 Å². The zero-order valence-corrected chi connectivity index (χ0v) is 24.2. The van der Waals surface area contributed by atoms with E-state index in [1.807, 2.05) is 30.5 Å². The molecule has 0 bridgehead atoms. The number of hydrogen-bond donors (Lipinski definition) is 2. The molecule has 6 rings (SSSR count). The number of halogens is 1. The van der Waals surface area contributed by atoms with E-state index in [1.54, 1.807) is 22.7 Å². The molecule has 0 radical (unpaired) electrons. The molecule has 1 amide bonds. The molecular weight excluding hydrogens is 573 g/mol. The van der Waals surface area contributed by atoms with Crippen LogP contribution in [0.3, 0.4) is 0 Å². The molecule has 0 saturated carbocycles. The number of amides is 1. The molecule has 0 saturated heterocycles. The summed E-state index contributed by atoms with van der Waals surface area (Å²) in [6.07, 6.45) is 1.82. The van der Waals surface area contributed by atoms with Crippen molar-refractivity contribution in [1.82, 2.24) is 19.9 Å². The second-order valence-electron chi connectivity index (χ2n) is 9.64. The minimum atomic E-state index is -3.73. The van der Waals surface area contributed by atoms with E-state index in [0.29, 0.717) is 39.3 Å². The van der Waals surface area contributed by atoms with Crippen molar-refractivity contribution in [2.75, 3.05) is 24.6 Å². The number of nitrogens with one attached hydrogen (secondary N) is 2. The highest BCUT2D eigenvalue weighted by Crippen LogP contribution is 2.41. The number of nitrogens with zero attached hydrogens (tertiary/aromatic N) is 3. The number of anilines is 1. The minimum Gasteiger partial charge on any atom is -0.494 e. The van der Waals surface area contributed by atoms with Crippen molar-refractivity contribution in [3.05, 3.63) is 90.4 Å². The normalized spacial score (nSPS) is 11.6. The van der Waals surface area contributed by atoms with E-state index in [4.69, 9.17) is 14.1 Å². The van der Waals surface area contributed by atoms with Gasteiger partial charge in [-0.05, 0) is 67.6 Å². The molecule has 4 aromatic heterocycles. The lowest BCUT2D eigenvalue weighted by Gasteiger charge is -2.14. The van der Waals surface area contributed by atoms with Gasteiger partial charge in [-0.3, -0.25) is 9.52 Å². The zero-order valence-electron chi connectivity index (χ0n) is 23.4. The van der Waals surface area contributed by atoms with E-state index in [1.165, 1.54) is 51.4 Å². The highest BCUT2D eigenvalue weighted by atomic mass is 32.2. The quantitative estimate of drug-likeness (QED) is 0.228. The second-order valence-corrected chi connectivity index (χ2v) is 11.6. The maximum atomic E-state index is 13.7. The average molecular weight is 600 g/mol. The van der Waals surface area contributed by atoms with Gasteiger partial charge in [0, 0.05) is 35.8 Å². The summed E-state index contributed by atoms with van der Waals surface area (Å²) in [5, 5.41) is 7.68. The van der Waals surface area contributed by atoms with Crippen molar-refractivity contribution >= 4 is 38.1 Å². The highest BCUT2D eigenvalue weighted by Gasteiger charge is 2.25. The van der Waals surface area contributed by atoms with E-state index in [-0.39, 0.29) is 28.3 Å². The third-order valence-electron chi connectivity index (χ3n) is 7.00. The number of ether oxygens (including phenoxy) is 1. The predicted octanol–water partition coefficient (Wildman–Crippen LogP) is 5.75. The third kappa shape index (κ3) is 5.17. The summed E-state index contributed by atoms with van der Waals surface area (Å²) < 4.78 is 55.3. The Bertz CT molecular complexity index is 2090. The molecule has 0 fully saturated rings. The molecule has 0 atom stereocenters. The number of carbonyl (C=O) groups is 1. The van der Waals surface area contributed by atoms with Crippen LogP contribution in [0.25, 0.3) is 50.5 Å². The number of fused-ring (bicyclic) bond motifs is 2. The Morgan fingerprint density at radius 1 is 1.05 bits per heavy atom. The lowest BCUT2D eigenvalue weighted by Crippen LogP contribution is -2.18. The maximum absolute atomic E-state index is 13.7. The Morgan fingerprint density at radius 3 is 2.53 bits per heavy atom. The van der Waals surface area contributed by atoms with Gasteiger partial charge < -0.3 is 14.5 Å². The first kappa shape index (κ1) is 27.9. The van der Waals surface area contributed by atoms with Gasteiger partial charge in [-0.2, -0.15) is 5.10 Å². The van der Waals surface area contributed by atoms with Crippen LogP contribution in [-0.4, -0.2) is 48.8 Å². The number of pyridine rings is 2. The van der Waals surface area contributed by atoms with Crippen LogP contribution in [0.2, 0.25) is 0 Å². The van der Waals surface area contributed by atoms with Gasteiger partial charge in [0.05, 0.1) is 35.3 Å². The molecule has 218 valence electrons. The summed E-state index contributed by atoms with van der Waals surface area (Å²) in [5.74, 6) is -0.359. The van der Waals surface area contributed by atoms with E-state index in [9.17, 15) is 17.6 Å². The topological polar surface area (TPSA) is 128 Å². The molecular formula is C31H26FN5O5S. The van der Waals surface area contributed by atoms with E-state index in [2.05, 4.69) is 15.1 Å². The molecule has 0 spiro atoms. The van der Waals surface area contributed by atoms with Crippen LogP contribution in [0, 0.1) is 5.82 Å². The van der Waals surface area contributed by atoms with Crippen molar-refractivity contribution in [2.24, 2.45) is 0 Å². The third-order valence-corrected chi connectivity index (χ3v) is 8.29. The first-order valence-electron chi connectivity index (χ1n) is 13.3. The Hall–Kier alpha value is -5.23. The molecule has 0 aliphatic heterocycles. The molecule has 2 aromatic carbocycles. The van der Waals surface area contributed by atoms with Crippen LogP contribution >= 0.6 is 0 Å². The number of hydrogen-bond acceptors (Lipinski definition) is 7. The van der Waals surface area contributed by atoms with Gasteiger partial charge in [0.2, 0.25) is 10.0 Å². The fourth-order valence-corrected chi connectivity index (χ4v) is 5.48. The van der Waals surface area contributed by atoms with Gasteiger partial charge in [0.1, 0.15) is 34.3 Å². The minimum absolute atomic E-state index is 0.171. The predicted molar refractivity (Wildman–Crippen MR) is 162 cm³/mol. The van der Waals surface area contributed by atoms with E-state index >= 15 is 0 Å². The zero-order chi connectivity index (χ0) is 30.3. The van der Waals surface area contributed by atoms with Crippen LogP contribution < -0.4 is 14.8 Å². The molecule has 2 N–H and O–H groups in total. The molecule has 12 heteroatoms. The van der Waals surface area contributed by atoms with E-state index < -0.39 is 21.7 Å². The van der Waals surface area contributed by atoms with Crippen molar-refractivity contribution in [1.29, 1.82) is 0 Å². The fourth-order valence-electron chi connectivity index (χ4n) is 4.83. The van der Waals surface area contributed by atoms with Crippen LogP contribution in [0.5, 0.6) is 5.75 Å². The van der Waals surface area contributed by atoms with Crippen molar-refractivity contribution < 1.29 is 26.8 Å². The fraction of sp³-hybridized carbons (Fsp3) is 0.129. The monoisotopic (exact) mass is 599 g/mol. The van der Waals surface area contributed by atoms with Crippen molar-refractivity contribution in [3.63, 3.8) is 0 Å². The summed E-state index contributed by atoms with van der Waals surface area (Å²) >= 11 is 0. The number of sulfonamides is 1. The molecule has 0 aliphatic rings. The smallest absolute Gasteiger partial charge is 0.255 e. The van der Waals surface area contributed by atoms with Crippen LogP contribution in [0.1, 0.15) is 17.3 Å². The molecule has 0 aliphatic carbocycles. The molecule has 43 heavy (non-hydrogen) atoms. The van der Waals surface area contributed by atoms with Crippen LogP contribution in [0.15, 0.2) is 83.4 Å². The number of furan rings is 1. The summed E-state index contributed by atoms with van der Waals surface area (Å²) in [6, 6.07) is 19.7. The van der Waals surface area contributed by atoms with Gasteiger partial charge in [-0.1, -0.05) is 6.07 Å². The number of carbonyl (C=O) groups excluding carboxylic acids is 1. The first-order valence-corrected chi connectivity index (χ1v) is 15.0. The van der Waals surface area contributed by atoms with Gasteiger partial charge in [0.15, 0.2) is 0 Å². The number of rotatable bonds is 8. The molecule has 4 heterocycles. The van der Waals surface area contributed by atoms with Gasteiger partial charge in [0.25, 0.3) is 5.91 Å². The van der Waals surface area contributed by atoms with Crippen molar-refractivity contribution in [3.8, 4) is 39.7 Å². The van der Waals surface area contributed by atoms with Gasteiger partial charge in [-0.15, -0.1) is 0 Å². The average Bonchev–Trinajstić information content (AvgIpc) is 3.62. The standard InChI is InChI=1S/C31H26FN5O5S/c1-4-43(39,40)36-24-17-27-22(28(31(38)33-2)30(42-27)18-8-10-19(32)11-9-18)16-21(24)23-12-13-26(41-3)29(34-23)25-15-20-7-5-6-14-37(20)35-25/h5-17,36H,4H2,1-3H3,(H,33,38). The lowest BCUT2D eigenvalue weighted by atomic mass is 10.0. The van der Waals surface area contributed by atoms with Crippen LogP contribution in [0.4, 0.5) is 10.1 Å². The molecule has 10 nitrogen and oxygen atoms in total. The van der Waals surface area contributed by atoms with Crippen molar-refractivity contribution in [2.45, 2.75) is 6.92 Å². The summed E-state index contributed by atoms with van der Waals surface area (Å²) in [5.41, 5.74) is 3.79. The Kier molecular flexibility index (Phi) is 7.06. The molecule has 6 aromatic rings. The van der Waals surface area contributed by atoms with E-state index in [0.717, 1.165) is 5.52 Å². The second kappa shape index (κ2) is 10.9. The summed E-state index contributed by atoms with van der Waals surface area (Å²) in [6.45, 7) is 1.52. The highest BCUT2D eigenvalue weighted by molar-refractivity contribution is 7.92. The Balaban J connectivity index is 1.61. The maximum Gasteiger partial charge on any atom is 0.255 e. The molecule has 0 unspecified atom stereocenters. The first-order chi connectivity index (χ1) is 20.7. The summed E-state index contributed by atoms with van der Waals surface area (Å²) in [7, 11) is -0.705. The largest absolute Gasteiger partial charge is 0.494 e. The van der Waals surface area contributed by atoms with Gasteiger partial charge in [-0.25, -0.2) is 22.3 Å². The SMILES string of the molecule is CCS(=O)(=O)Nc1cc2oc(-c3ccc(F)cc3)c(C(=O)NC)c2cc1-c1ccc(OC)c(-c2cc3ccccn3n2)n1. The lowest BCUT2D eigenvalue weighted by molar-refractivity contribution is 0.0964. The summed E-state index contributed by atoms with van der Waals surface area (Å²) in [4.78, 5) is 18.0.